The normalized spacial score (nSPS) is 12.8. The molecular formula is C19H19ClN4O3. The second-order valence-corrected chi connectivity index (χ2v) is 6.71. The number of carbonyl (C=O) groups is 3. The van der Waals surface area contributed by atoms with Crippen molar-refractivity contribution < 1.29 is 14.4 Å². The minimum absolute atomic E-state index is 0.256. The lowest BCUT2D eigenvalue weighted by atomic mass is 10.2. The Morgan fingerprint density at radius 2 is 1.63 bits per heavy atom. The van der Waals surface area contributed by atoms with Crippen molar-refractivity contribution in [3.63, 3.8) is 0 Å². The summed E-state index contributed by atoms with van der Waals surface area (Å²) in [4.78, 5) is 35.5. The Bertz CT molecular complexity index is 879. The highest BCUT2D eigenvalue weighted by Crippen LogP contribution is 2.26. The van der Waals surface area contributed by atoms with Gasteiger partial charge in [-0.2, -0.15) is 0 Å². The van der Waals surface area contributed by atoms with Crippen LogP contribution in [0.25, 0.3) is 0 Å². The van der Waals surface area contributed by atoms with Crippen LogP contribution >= 0.6 is 11.6 Å². The predicted molar refractivity (Wildman–Crippen MR) is 105 cm³/mol. The Hall–Kier alpha value is -3.06. The fourth-order valence-corrected chi connectivity index (χ4v) is 2.57. The van der Waals surface area contributed by atoms with Gasteiger partial charge in [0.25, 0.3) is 5.91 Å². The van der Waals surface area contributed by atoms with Crippen LogP contribution in [0.1, 0.15) is 30.1 Å². The average molecular weight is 387 g/mol. The van der Waals surface area contributed by atoms with Gasteiger partial charge in [-0.05, 0) is 55.3 Å². The van der Waals surface area contributed by atoms with E-state index >= 15 is 0 Å². The second kappa shape index (κ2) is 8.09. The number of benzene rings is 2. The van der Waals surface area contributed by atoms with Crippen LogP contribution in [0.15, 0.2) is 42.5 Å². The van der Waals surface area contributed by atoms with Crippen LogP contribution in [0, 0.1) is 0 Å². The molecule has 0 aromatic heterocycles. The van der Waals surface area contributed by atoms with Gasteiger partial charge in [-0.25, -0.2) is 4.79 Å². The van der Waals surface area contributed by atoms with E-state index < -0.39 is 0 Å². The van der Waals surface area contributed by atoms with Crippen LogP contribution in [-0.2, 0) is 4.79 Å². The Morgan fingerprint density at radius 1 is 0.926 bits per heavy atom. The van der Waals surface area contributed by atoms with Gasteiger partial charge in [0.2, 0.25) is 5.91 Å². The molecule has 1 aliphatic rings. The van der Waals surface area contributed by atoms with Crippen molar-refractivity contribution in [2.75, 3.05) is 16.0 Å². The first kappa shape index (κ1) is 18.7. The van der Waals surface area contributed by atoms with Crippen LogP contribution < -0.4 is 21.3 Å². The average Bonchev–Trinajstić information content (AvgIpc) is 3.41. The third-order valence-electron chi connectivity index (χ3n) is 3.86. The molecule has 2 aromatic carbocycles. The van der Waals surface area contributed by atoms with E-state index in [4.69, 9.17) is 11.6 Å². The van der Waals surface area contributed by atoms with Crippen LogP contribution in [-0.4, -0.2) is 23.9 Å². The van der Waals surface area contributed by atoms with Crippen molar-refractivity contribution in [3.05, 3.63) is 53.1 Å². The van der Waals surface area contributed by atoms with Crippen LogP contribution in [0.2, 0.25) is 5.02 Å². The van der Waals surface area contributed by atoms with Crippen LogP contribution in [0.5, 0.6) is 0 Å². The second-order valence-electron chi connectivity index (χ2n) is 6.28. The van der Waals surface area contributed by atoms with Gasteiger partial charge < -0.3 is 21.3 Å². The summed E-state index contributed by atoms with van der Waals surface area (Å²) < 4.78 is 0. The summed E-state index contributed by atoms with van der Waals surface area (Å²) >= 11 is 5.98. The molecule has 1 saturated carbocycles. The zero-order valence-corrected chi connectivity index (χ0v) is 15.4. The lowest BCUT2D eigenvalue weighted by molar-refractivity contribution is -0.114. The van der Waals surface area contributed by atoms with Gasteiger partial charge in [0.15, 0.2) is 0 Å². The van der Waals surface area contributed by atoms with E-state index in [0.29, 0.717) is 27.6 Å². The summed E-state index contributed by atoms with van der Waals surface area (Å²) in [7, 11) is 0. The number of halogens is 1. The molecule has 0 bridgehead atoms. The van der Waals surface area contributed by atoms with E-state index in [2.05, 4.69) is 21.3 Å². The van der Waals surface area contributed by atoms with E-state index in [0.717, 1.165) is 12.8 Å². The molecule has 1 aliphatic carbocycles. The summed E-state index contributed by atoms with van der Waals surface area (Å²) in [6.45, 7) is 1.38. The molecule has 0 heterocycles. The molecular weight excluding hydrogens is 368 g/mol. The van der Waals surface area contributed by atoms with Crippen molar-refractivity contribution in [2.24, 2.45) is 0 Å². The molecule has 4 amide bonds. The quantitative estimate of drug-likeness (QED) is 0.628. The summed E-state index contributed by atoms with van der Waals surface area (Å²) in [5.41, 5.74) is 1.84. The molecule has 0 saturated heterocycles. The smallest absolute Gasteiger partial charge is 0.319 e. The molecule has 0 spiro atoms. The third-order valence-corrected chi connectivity index (χ3v) is 4.09. The molecule has 2 aromatic rings. The van der Waals surface area contributed by atoms with Crippen LogP contribution in [0.4, 0.5) is 21.9 Å². The number of anilines is 3. The minimum Gasteiger partial charge on any atom is -0.335 e. The Morgan fingerprint density at radius 3 is 2.26 bits per heavy atom. The lowest BCUT2D eigenvalue weighted by Gasteiger charge is -2.12. The minimum atomic E-state index is -0.363. The fourth-order valence-electron chi connectivity index (χ4n) is 2.40. The highest BCUT2D eigenvalue weighted by Gasteiger charge is 2.23. The van der Waals surface area contributed by atoms with Gasteiger partial charge in [0, 0.05) is 29.2 Å². The molecule has 0 atom stereocenters. The Labute approximate surface area is 161 Å². The molecule has 7 nitrogen and oxygen atoms in total. The van der Waals surface area contributed by atoms with Gasteiger partial charge in [-0.1, -0.05) is 11.6 Å². The summed E-state index contributed by atoms with van der Waals surface area (Å²) in [6.07, 6.45) is 2.02. The first-order valence-corrected chi connectivity index (χ1v) is 8.84. The van der Waals surface area contributed by atoms with E-state index in [1.807, 2.05) is 0 Å². The van der Waals surface area contributed by atoms with Gasteiger partial charge >= 0.3 is 6.03 Å². The fraction of sp³-hybridized carbons (Fsp3) is 0.211. The highest BCUT2D eigenvalue weighted by molar-refractivity contribution is 6.31. The molecule has 4 N–H and O–H groups in total. The standard InChI is InChI=1S/C19H19ClN4O3/c1-11(25)21-16-9-4-13(20)10-17(16)24-18(26)12-2-5-14(6-3-12)22-19(27)23-15-7-8-15/h2-6,9-10,15H,7-8H2,1H3,(H,21,25)(H,24,26)(H2,22,23,27). The number of hydrogen-bond acceptors (Lipinski definition) is 3. The molecule has 0 aliphatic heterocycles. The van der Waals surface area contributed by atoms with Gasteiger partial charge in [0.1, 0.15) is 0 Å². The summed E-state index contributed by atoms with van der Waals surface area (Å²) in [5, 5.41) is 11.3. The third kappa shape index (κ3) is 5.46. The van der Waals surface area contributed by atoms with Gasteiger partial charge in [0.05, 0.1) is 11.4 Å². The van der Waals surface area contributed by atoms with E-state index in [1.54, 1.807) is 42.5 Å². The van der Waals surface area contributed by atoms with Gasteiger partial charge in [-0.3, -0.25) is 9.59 Å². The summed E-state index contributed by atoms with van der Waals surface area (Å²) in [5.74, 6) is -0.620. The molecule has 3 rings (SSSR count). The number of amides is 4. The number of rotatable bonds is 5. The molecule has 0 radical (unpaired) electrons. The van der Waals surface area contributed by atoms with Crippen molar-refractivity contribution in [2.45, 2.75) is 25.8 Å². The zero-order valence-electron chi connectivity index (χ0n) is 14.6. The van der Waals surface area contributed by atoms with E-state index in [-0.39, 0.29) is 23.9 Å². The number of nitrogens with one attached hydrogen (secondary N) is 4. The SMILES string of the molecule is CC(=O)Nc1ccc(Cl)cc1NC(=O)c1ccc(NC(=O)NC2CC2)cc1. The predicted octanol–water partition coefficient (Wildman–Crippen LogP) is 3.83. The maximum atomic E-state index is 12.5. The molecule has 27 heavy (non-hydrogen) atoms. The Balaban J connectivity index is 1.66. The lowest BCUT2D eigenvalue weighted by Crippen LogP contribution is -2.30. The number of hydrogen-bond donors (Lipinski definition) is 4. The maximum Gasteiger partial charge on any atom is 0.319 e. The topological polar surface area (TPSA) is 99.3 Å². The first-order chi connectivity index (χ1) is 12.9. The van der Waals surface area contributed by atoms with E-state index in [1.165, 1.54) is 6.92 Å². The molecule has 0 unspecified atom stereocenters. The van der Waals surface area contributed by atoms with Crippen LogP contribution in [0.3, 0.4) is 0 Å². The largest absolute Gasteiger partial charge is 0.335 e. The molecule has 8 heteroatoms. The zero-order chi connectivity index (χ0) is 19.4. The summed E-state index contributed by atoms with van der Waals surface area (Å²) in [6, 6.07) is 11.3. The molecule has 140 valence electrons. The van der Waals surface area contributed by atoms with Crippen molar-refractivity contribution in [3.8, 4) is 0 Å². The van der Waals surface area contributed by atoms with Crippen molar-refractivity contribution >= 4 is 46.5 Å². The van der Waals surface area contributed by atoms with E-state index in [9.17, 15) is 14.4 Å². The number of carbonyl (C=O) groups excluding carboxylic acids is 3. The Kier molecular flexibility index (Phi) is 5.61. The van der Waals surface area contributed by atoms with Crippen molar-refractivity contribution in [1.29, 1.82) is 0 Å². The first-order valence-electron chi connectivity index (χ1n) is 8.47. The van der Waals surface area contributed by atoms with Crippen molar-refractivity contribution in [1.82, 2.24) is 5.32 Å². The maximum absolute atomic E-state index is 12.5. The number of urea groups is 1. The molecule has 1 fully saturated rings. The monoisotopic (exact) mass is 386 g/mol. The van der Waals surface area contributed by atoms with Gasteiger partial charge in [-0.15, -0.1) is 0 Å². The highest BCUT2D eigenvalue weighted by atomic mass is 35.5.